The molecule has 0 radical (unpaired) electrons. The molecule has 1 fully saturated rings. The molecule has 43 heavy (non-hydrogen) atoms. The summed E-state index contributed by atoms with van der Waals surface area (Å²) in [5.74, 6) is -0.0902. The number of ether oxygens (including phenoxy) is 3. The van der Waals surface area contributed by atoms with Gasteiger partial charge < -0.3 is 29.7 Å². The highest BCUT2D eigenvalue weighted by molar-refractivity contribution is 6.00. The number of piperazine rings is 1. The predicted molar refractivity (Wildman–Crippen MR) is 151 cm³/mol. The molecular formula is C28H33F4N7O4. The molecule has 3 heterocycles. The zero-order chi connectivity index (χ0) is 31.1. The van der Waals surface area contributed by atoms with Crippen molar-refractivity contribution in [1.82, 2.24) is 24.8 Å². The van der Waals surface area contributed by atoms with E-state index in [-0.39, 0.29) is 36.1 Å². The van der Waals surface area contributed by atoms with Crippen LogP contribution in [0.15, 0.2) is 30.6 Å². The van der Waals surface area contributed by atoms with Crippen LogP contribution in [0.4, 0.5) is 33.7 Å². The summed E-state index contributed by atoms with van der Waals surface area (Å²) in [6.07, 6.45) is -1.93. The first-order valence-corrected chi connectivity index (χ1v) is 13.4. The number of nitrogens with zero attached hydrogens (tertiary/aromatic N) is 5. The highest BCUT2D eigenvalue weighted by atomic mass is 19.4. The zero-order valence-electron chi connectivity index (χ0n) is 24.2. The van der Waals surface area contributed by atoms with Crippen LogP contribution in [0.2, 0.25) is 0 Å². The summed E-state index contributed by atoms with van der Waals surface area (Å²) >= 11 is 0. The fourth-order valence-electron chi connectivity index (χ4n) is 4.40. The van der Waals surface area contributed by atoms with Crippen molar-refractivity contribution in [2.24, 2.45) is 0 Å². The van der Waals surface area contributed by atoms with Crippen molar-refractivity contribution in [2.75, 3.05) is 71.3 Å². The number of hydrogen-bond acceptors (Lipinski definition) is 9. The van der Waals surface area contributed by atoms with Crippen LogP contribution in [0.1, 0.15) is 16.8 Å². The Morgan fingerprint density at radius 1 is 1.00 bits per heavy atom. The van der Waals surface area contributed by atoms with E-state index in [4.69, 9.17) is 14.2 Å². The summed E-state index contributed by atoms with van der Waals surface area (Å²) < 4.78 is 72.5. The van der Waals surface area contributed by atoms with Crippen molar-refractivity contribution in [3.05, 3.63) is 53.2 Å². The highest BCUT2D eigenvalue weighted by Gasteiger charge is 2.35. The predicted octanol–water partition coefficient (Wildman–Crippen LogP) is 4.43. The van der Waals surface area contributed by atoms with Crippen LogP contribution >= 0.6 is 0 Å². The molecule has 2 amide bonds. The SMILES string of the molecule is COCCOc1cc(-c2ncc(NC(=O)Nc3cc(C(F)(F)F)c(CN4CCN(C)CC4)cc3F)c(C)n2)cnc1OC. The van der Waals surface area contributed by atoms with Gasteiger partial charge in [0.25, 0.3) is 5.88 Å². The number of benzene rings is 1. The van der Waals surface area contributed by atoms with Crippen LogP contribution in [-0.4, -0.2) is 91.4 Å². The quantitative estimate of drug-likeness (QED) is 0.255. The van der Waals surface area contributed by atoms with Gasteiger partial charge in [-0.15, -0.1) is 0 Å². The molecule has 11 nitrogen and oxygen atoms in total. The standard InChI is InChI=1S/C28H33F4N7O4/c1-17-23(15-33-25(35-17)18-12-24(43-10-9-41-3)26(42-4)34-14-18)37-27(40)36-22-13-20(28(30,31)32)19(11-21(22)29)16-39-7-5-38(2)6-8-39/h11-15H,5-10,16H2,1-4H3,(H2,36,37,40). The minimum Gasteiger partial charge on any atom is -0.486 e. The van der Waals surface area contributed by atoms with E-state index < -0.39 is 29.3 Å². The summed E-state index contributed by atoms with van der Waals surface area (Å²) in [6.45, 7) is 4.70. The monoisotopic (exact) mass is 607 g/mol. The Hall–Kier alpha value is -4.08. The van der Waals surface area contributed by atoms with Gasteiger partial charge in [0.05, 0.1) is 42.5 Å². The van der Waals surface area contributed by atoms with Gasteiger partial charge in [-0.1, -0.05) is 0 Å². The van der Waals surface area contributed by atoms with Crippen LogP contribution < -0.4 is 20.1 Å². The molecular weight excluding hydrogens is 574 g/mol. The van der Waals surface area contributed by atoms with Crippen molar-refractivity contribution in [2.45, 2.75) is 19.6 Å². The smallest absolute Gasteiger partial charge is 0.416 e. The van der Waals surface area contributed by atoms with Gasteiger partial charge in [0, 0.05) is 51.6 Å². The lowest BCUT2D eigenvalue weighted by Gasteiger charge is -2.33. The maximum atomic E-state index is 14.9. The number of aryl methyl sites for hydroxylation is 1. The Kier molecular flexibility index (Phi) is 10.3. The maximum Gasteiger partial charge on any atom is 0.416 e. The number of urea groups is 1. The van der Waals surface area contributed by atoms with Crippen molar-refractivity contribution in [3.8, 4) is 23.0 Å². The van der Waals surface area contributed by atoms with E-state index in [1.807, 2.05) is 11.9 Å². The highest BCUT2D eigenvalue weighted by Crippen LogP contribution is 2.36. The molecule has 0 bridgehead atoms. The van der Waals surface area contributed by atoms with Crippen LogP contribution in [0, 0.1) is 12.7 Å². The number of hydrogen-bond donors (Lipinski definition) is 2. The molecule has 232 valence electrons. The van der Waals surface area contributed by atoms with Gasteiger partial charge in [0.2, 0.25) is 0 Å². The number of carbonyl (C=O) groups is 1. The Balaban J connectivity index is 1.48. The molecule has 3 aromatic rings. The van der Waals surface area contributed by atoms with E-state index >= 15 is 0 Å². The number of likely N-dealkylation sites (N-methyl/N-ethyl adjacent to an activating group) is 1. The largest absolute Gasteiger partial charge is 0.486 e. The van der Waals surface area contributed by atoms with E-state index in [0.717, 1.165) is 6.07 Å². The van der Waals surface area contributed by atoms with Gasteiger partial charge in [0.1, 0.15) is 12.4 Å². The average Bonchev–Trinajstić information content (AvgIpc) is 2.96. The van der Waals surface area contributed by atoms with Gasteiger partial charge >= 0.3 is 12.2 Å². The maximum absolute atomic E-state index is 14.9. The molecule has 2 aromatic heterocycles. The zero-order valence-corrected chi connectivity index (χ0v) is 24.2. The fraction of sp³-hybridized carbons (Fsp3) is 0.429. The van der Waals surface area contributed by atoms with Gasteiger partial charge in [0.15, 0.2) is 11.6 Å². The average molecular weight is 608 g/mol. The molecule has 2 N–H and O–H groups in total. The lowest BCUT2D eigenvalue weighted by atomic mass is 10.0. The Morgan fingerprint density at radius 2 is 1.72 bits per heavy atom. The number of anilines is 2. The van der Waals surface area contributed by atoms with Crippen molar-refractivity contribution in [1.29, 1.82) is 0 Å². The van der Waals surface area contributed by atoms with E-state index in [1.165, 1.54) is 19.5 Å². The van der Waals surface area contributed by atoms with Crippen LogP contribution in [0.3, 0.4) is 0 Å². The number of methoxy groups -OCH3 is 2. The number of pyridine rings is 1. The molecule has 1 saturated heterocycles. The topological polar surface area (TPSA) is 114 Å². The second-order valence-corrected chi connectivity index (χ2v) is 9.91. The van der Waals surface area contributed by atoms with Crippen LogP contribution in [0.25, 0.3) is 11.4 Å². The van der Waals surface area contributed by atoms with Gasteiger partial charge in [-0.25, -0.2) is 24.1 Å². The third kappa shape index (κ3) is 8.27. The van der Waals surface area contributed by atoms with Crippen molar-refractivity contribution < 1.29 is 36.6 Å². The van der Waals surface area contributed by atoms with E-state index in [0.29, 0.717) is 55.9 Å². The number of aromatic nitrogens is 3. The van der Waals surface area contributed by atoms with E-state index in [9.17, 15) is 22.4 Å². The third-order valence-corrected chi connectivity index (χ3v) is 6.78. The Bertz CT molecular complexity index is 1430. The first-order valence-electron chi connectivity index (χ1n) is 13.4. The van der Waals surface area contributed by atoms with Gasteiger partial charge in [-0.2, -0.15) is 13.2 Å². The second kappa shape index (κ2) is 13.9. The van der Waals surface area contributed by atoms with Crippen LogP contribution in [0.5, 0.6) is 11.6 Å². The van der Waals surface area contributed by atoms with Gasteiger partial charge in [-0.05, 0) is 37.7 Å². The first kappa shape index (κ1) is 31.8. The Morgan fingerprint density at radius 3 is 2.37 bits per heavy atom. The number of carbonyl (C=O) groups excluding carboxylic acids is 1. The first-order chi connectivity index (χ1) is 20.5. The molecule has 1 aliphatic heterocycles. The molecule has 1 aromatic carbocycles. The van der Waals surface area contributed by atoms with Crippen LogP contribution in [-0.2, 0) is 17.5 Å². The van der Waals surface area contributed by atoms with Crippen molar-refractivity contribution in [3.63, 3.8) is 0 Å². The summed E-state index contributed by atoms with van der Waals surface area (Å²) in [5.41, 5.74) is -0.788. The molecule has 0 atom stereocenters. The minimum atomic E-state index is -4.74. The molecule has 1 aliphatic rings. The minimum absolute atomic E-state index is 0.0561. The summed E-state index contributed by atoms with van der Waals surface area (Å²) in [4.78, 5) is 29.4. The number of amides is 2. The van der Waals surface area contributed by atoms with Crippen molar-refractivity contribution >= 4 is 17.4 Å². The lowest BCUT2D eigenvalue weighted by molar-refractivity contribution is -0.138. The molecule has 0 unspecified atom stereocenters. The molecule has 4 rings (SSSR count). The second-order valence-electron chi connectivity index (χ2n) is 9.91. The summed E-state index contributed by atoms with van der Waals surface area (Å²) in [5, 5.41) is 4.64. The van der Waals surface area contributed by atoms with E-state index in [2.05, 4.69) is 30.5 Å². The lowest BCUT2D eigenvalue weighted by Crippen LogP contribution is -2.44. The van der Waals surface area contributed by atoms with Gasteiger partial charge in [-0.3, -0.25) is 4.90 Å². The normalized spacial score (nSPS) is 14.4. The third-order valence-electron chi connectivity index (χ3n) is 6.78. The number of alkyl halides is 3. The number of nitrogens with one attached hydrogen (secondary N) is 2. The Labute approximate surface area is 246 Å². The fourth-order valence-corrected chi connectivity index (χ4v) is 4.40. The summed E-state index contributed by atoms with van der Waals surface area (Å²) in [7, 11) is 4.93. The summed E-state index contributed by atoms with van der Waals surface area (Å²) in [6, 6.07) is 2.13. The molecule has 15 heteroatoms. The molecule has 0 spiro atoms. The number of halogens is 4. The van der Waals surface area contributed by atoms with E-state index in [1.54, 1.807) is 20.1 Å². The molecule has 0 saturated carbocycles. The molecule has 0 aliphatic carbocycles. The number of rotatable bonds is 10.